The molecule has 1 aromatic rings. The van der Waals surface area contributed by atoms with Crippen molar-refractivity contribution in [3.05, 3.63) is 35.9 Å². The molecule has 2 rings (SSSR count). The number of ether oxygens (including phenoxy) is 1. The molecule has 1 atom stereocenters. The summed E-state index contributed by atoms with van der Waals surface area (Å²) >= 11 is 0. The van der Waals surface area contributed by atoms with E-state index in [1.165, 1.54) is 18.4 Å². The number of hydrogen-bond acceptors (Lipinski definition) is 2. The van der Waals surface area contributed by atoms with Crippen LogP contribution in [0.4, 0.5) is 0 Å². The first kappa shape index (κ1) is 16.5. The Hall–Kier alpha value is -0.860. The summed E-state index contributed by atoms with van der Waals surface area (Å²) in [6.07, 6.45) is 3.51. The molecule has 0 spiro atoms. The molecule has 0 bridgehead atoms. The molecule has 21 heavy (non-hydrogen) atoms. The summed E-state index contributed by atoms with van der Waals surface area (Å²) in [6.45, 7) is 12.3. The number of nitrogens with one attached hydrogen (secondary N) is 1. The standard InChI is InChI=1S/C19H31NO/c1-16(20-15-19(4)10-12-21-13-11-19)14-18(2,3)17-8-6-5-7-9-17/h5-9,16,20H,10-15H2,1-4H3. The van der Waals surface area contributed by atoms with E-state index in [-0.39, 0.29) is 5.41 Å². The van der Waals surface area contributed by atoms with Crippen molar-refractivity contribution in [3.63, 3.8) is 0 Å². The van der Waals surface area contributed by atoms with Crippen molar-refractivity contribution in [2.24, 2.45) is 5.41 Å². The predicted molar refractivity (Wildman–Crippen MR) is 89.7 cm³/mol. The van der Waals surface area contributed by atoms with Crippen molar-refractivity contribution in [1.82, 2.24) is 5.32 Å². The third-order valence-electron chi connectivity index (χ3n) is 4.95. The van der Waals surface area contributed by atoms with Crippen LogP contribution < -0.4 is 5.32 Å². The Morgan fingerprint density at radius 3 is 2.43 bits per heavy atom. The van der Waals surface area contributed by atoms with Crippen molar-refractivity contribution in [2.75, 3.05) is 19.8 Å². The van der Waals surface area contributed by atoms with Gasteiger partial charge in [0, 0.05) is 25.8 Å². The summed E-state index contributed by atoms with van der Waals surface area (Å²) in [4.78, 5) is 0. The van der Waals surface area contributed by atoms with Crippen LogP contribution in [-0.4, -0.2) is 25.8 Å². The molecule has 1 unspecified atom stereocenters. The maximum atomic E-state index is 5.48. The molecule has 0 radical (unpaired) electrons. The van der Waals surface area contributed by atoms with Crippen molar-refractivity contribution in [3.8, 4) is 0 Å². The molecule has 1 N–H and O–H groups in total. The van der Waals surface area contributed by atoms with Crippen LogP contribution in [-0.2, 0) is 10.2 Å². The first-order chi connectivity index (χ1) is 9.91. The average molecular weight is 289 g/mol. The van der Waals surface area contributed by atoms with Gasteiger partial charge in [-0.15, -0.1) is 0 Å². The molecular weight excluding hydrogens is 258 g/mol. The highest BCUT2D eigenvalue weighted by molar-refractivity contribution is 5.23. The van der Waals surface area contributed by atoms with Gasteiger partial charge in [0.15, 0.2) is 0 Å². The molecule has 1 heterocycles. The summed E-state index contributed by atoms with van der Waals surface area (Å²) < 4.78 is 5.48. The maximum absolute atomic E-state index is 5.48. The van der Waals surface area contributed by atoms with Crippen LogP contribution in [0.3, 0.4) is 0 Å². The Bertz CT molecular complexity index is 420. The Morgan fingerprint density at radius 2 is 1.81 bits per heavy atom. The van der Waals surface area contributed by atoms with E-state index in [1.807, 2.05) is 0 Å². The van der Waals surface area contributed by atoms with Crippen LogP contribution in [0, 0.1) is 5.41 Å². The fourth-order valence-electron chi connectivity index (χ4n) is 3.31. The molecule has 2 heteroatoms. The van der Waals surface area contributed by atoms with Crippen LogP contribution in [0.25, 0.3) is 0 Å². The molecule has 0 aliphatic carbocycles. The van der Waals surface area contributed by atoms with Gasteiger partial charge in [-0.3, -0.25) is 0 Å². The number of hydrogen-bond donors (Lipinski definition) is 1. The molecule has 0 amide bonds. The lowest BCUT2D eigenvalue weighted by molar-refractivity contribution is 0.0227. The second kappa shape index (κ2) is 6.93. The van der Waals surface area contributed by atoms with Crippen molar-refractivity contribution >= 4 is 0 Å². The van der Waals surface area contributed by atoms with E-state index in [0.717, 1.165) is 26.2 Å². The summed E-state index contributed by atoms with van der Waals surface area (Å²) in [7, 11) is 0. The third-order valence-corrected chi connectivity index (χ3v) is 4.95. The number of benzene rings is 1. The van der Waals surface area contributed by atoms with Crippen molar-refractivity contribution < 1.29 is 4.74 Å². The minimum atomic E-state index is 0.213. The zero-order valence-corrected chi connectivity index (χ0v) is 14.1. The number of rotatable bonds is 6. The van der Waals surface area contributed by atoms with E-state index in [2.05, 4.69) is 63.3 Å². The van der Waals surface area contributed by atoms with Gasteiger partial charge in [0.1, 0.15) is 0 Å². The van der Waals surface area contributed by atoms with Gasteiger partial charge in [0.2, 0.25) is 0 Å². The highest BCUT2D eigenvalue weighted by Crippen LogP contribution is 2.31. The largest absolute Gasteiger partial charge is 0.381 e. The lowest BCUT2D eigenvalue weighted by Gasteiger charge is -2.36. The van der Waals surface area contributed by atoms with E-state index >= 15 is 0 Å². The normalized spacial score (nSPS) is 20.2. The van der Waals surface area contributed by atoms with Crippen LogP contribution >= 0.6 is 0 Å². The first-order valence-electron chi connectivity index (χ1n) is 8.28. The van der Waals surface area contributed by atoms with Gasteiger partial charge >= 0.3 is 0 Å². The Balaban J connectivity index is 1.85. The minimum absolute atomic E-state index is 0.213. The Morgan fingerprint density at radius 1 is 1.19 bits per heavy atom. The predicted octanol–water partition coefficient (Wildman–Crippen LogP) is 4.15. The third kappa shape index (κ3) is 4.82. The minimum Gasteiger partial charge on any atom is -0.381 e. The van der Waals surface area contributed by atoms with E-state index in [4.69, 9.17) is 4.74 Å². The van der Waals surface area contributed by atoms with Gasteiger partial charge in [-0.05, 0) is 42.6 Å². The molecular formula is C19H31NO. The highest BCUT2D eigenvalue weighted by Gasteiger charge is 2.29. The fourth-order valence-corrected chi connectivity index (χ4v) is 3.31. The molecule has 118 valence electrons. The maximum Gasteiger partial charge on any atom is 0.0471 e. The monoisotopic (exact) mass is 289 g/mol. The van der Waals surface area contributed by atoms with Gasteiger partial charge in [-0.2, -0.15) is 0 Å². The Labute approximate surface area is 130 Å². The van der Waals surface area contributed by atoms with Crippen molar-refractivity contribution in [1.29, 1.82) is 0 Å². The zero-order chi connectivity index (χ0) is 15.3. The van der Waals surface area contributed by atoms with Gasteiger partial charge in [-0.25, -0.2) is 0 Å². The lowest BCUT2D eigenvalue weighted by Crippen LogP contribution is -2.42. The summed E-state index contributed by atoms with van der Waals surface area (Å²) in [5.41, 5.74) is 2.05. The van der Waals surface area contributed by atoms with Crippen LogP contribution in [0.1, 0.15) is 52.5 Å². The van der Waals surface area contributed by atoms with Crippen LogP contribution in [0.2, 0.25) is 0 Å². The van der Waals surface area contributed by atoms with Gasteiger partial charge in [0.05, 0.1) is 0 Å². The van der Waals surface area contributed by atoms with E-state index in [1.54, 1.807) is 0 Å². The molecule has 0 aromatic heterocycles. The fraction of sp³-hybridized carbons (Fsp3) is 0.684. The quantitative estimate of drug-likeness (QED) is 0.849. The molecule has 1 aliphatic rings. The van der Waals surface area contributed by atoms with Gasteiger partial charge in [-0.1, -0.05) is 51.1 Å². The summed E-state index contributed by atoms with van der Waals surface area (Å²) in [5.74, 6) is 0. The summed E-state index contributed by atoms with van der Waals surface area (Å²) in [5, 5.41) is 3.76. The second-order valence-corrected chi connectivity index (χ2v) is 7.66. The smallest absolute Gasteiger partial charge is 0.0471 e. The molecule has 1 fully saturated rings. The first-order valence-corrected chi connectivity index (χ1v) is 8.28. The van der Waals surface area contributed by atoms with Gasteiger partial charge < -0.3 is 10.1 Å². The summed E-state index contributed by atoms with van der Waals surface area (Å²) in [6, 6.07) is 11.4. The van der Waals surface area contributed by atoms with Crippen LogP contribution in [0.15, 0.2) is 30.3 Å². The molecule has 2 nitrogen and oxygen atoms in total. The zero-order valence-electron chi connectivity index (χ0n) is 14.1. The SMILES string of the molecule is CC(CC(C)(C)c1ccccc1)NCC1(C)CCOCC1. The molecule has 0 saturated carbocycles. The second-order valence-electron chi connectivity index (χ2n) is 7.66. The lowest BCUT2D eigenvalue weighted by atomic mass is 9.78. The molecule has 1 saturated heterocycles. The molecule has 1 aliphatic heterocycles. The van der Waals surface area contributed by atoms with E-state index in [0.29, 0.717) is 11.5 Å². The van der Waals surface area contributed by atoms with Crippen molar-refractivity contribution in [2.45, 2.75) is 58.4 Å². The average Bonchev–Trinajstić information content (AvgIpc) is 2.47. The molecule has 1 aromatic carbocycles. The van der Waals surface area contributed by atoms with Crippen LogP contribution in [0.5, 0.6) is 0 Å². The van der Waals surface area contributed by atoms with E-state index in [9.17, 15) is 0 Å². The van der Waals surface area contributed by atoms with E-state index < -0.39 is 0 Å². The highest BCUT2D eigenvalue weighted by atomic mass is 16.5. The Kier molecular flexibility index (Phi) is 5.45. The topological polar surface area (TPSA) is 21.3 Å². The van der Waals surface area contributed by atoms with Gasteiger partial charge in [0.25, 0.3) is 0 Å².